The van der Waals surface area contributed by atoms with Crippen molar-refractivity contribution in [2.45, 2.75) is 120 Å². The first-order valence-corrected chi connectivity index (χ1v) is 19.6. The van der Waals surface area contributed by atoms with E-state index in [2.05, 4.69) is 4.90 Å². The molecule has 0 amide bonds. The van der Waals surface area contributed by atoms with Crippen molar-refractivity contribution in [3.05, 3.63) is 108 Å². The van der Waals surface area contributed by atoms with Gasteiger partial charge < -0.3 is 37.9 Å². The highest BCUT2D eigenvalue weighted by Gasteiger charge is 2.63. The van der Waals surface area contributed by atoms with E-state index in [9.17, 15) is 8.42 Å². The highest BCUT2D eigenvalue weighted by Crippen LogP contribution is 2.45. The van der Waals surface area contributed by atoms with Gasteiger partial charge in [0.2, 0.25) is 0 Å². The van der Waals surface area contributed by atoms with Crippen LogP contribution in [-0.2, 0) is 67.5 Å². The number of hydrogen-bond donors (Lipinski definition) is 0. The molecule has 5 fully saturated rings. The fourth-order valence-corrected chi connectivity index (χ4v) is 10.1. The van der Waals surface area contributed by atoms with Gasteiger partial charge in [-0.3, -0.25) is 4.90 Å². The van der Waals surface area contributed by atoms with Crippen LogP contribution in [0, 0.1) is 0 Å². The van der Waals surface area contributed by atoms with Crippen LogP contribution in [0.4, 0.5) is 0 Å². The summed E-state index contributed by atoms with van der Waals surface area (Å²) in [6, 6.07) is 28.5. The molecule has 8 rings (SSSR count). The van der Waals surface area contributed by atoms with Crippen molar-refractivity contribution in [1.29, 1.82) is 0 Å². The third-order valence-corrected chi connectivity index (χ3v) is 12.0. The Labute approximate surface area is 299 Å². The van der Waals surface area contributed by atoms with E-state index in [0.29, 0.717) is 19.8 Å². The van der Waals surface area contributed by atoms with Crippen molar-refractivity contribution in [2.24, 2.45) is 0 Å². The number of hydrogen-bond acceptors (Lipinski definition) is 11. The van der Waals surface area contributed by atoms with Gasteiger partial charge in [0, 0.05) is 6.54 Å². The Balaban J connectivity index is 1.15. The van der Waals surface area contributed by atoms with Gasteiger partial charge in [-0.1, -0.05) is 91.0 Å². The summed E-state index contributed by atoms with van der Waals surface area (Å²) in [6.45, 7) is 8.41. The second-order valence-electron chi connectivity index (χ2n) is 15.0. The van der Waals surface area contributed by atoms with Gasteiger partial charge in [-0.25, -0.2) is 8.42 Å². The van der Waals surface area contributed by atoms with Crippen LogP contribution in [0.2, 0.25) is 0 Å². The molecule has 0 saturated carbocycles. The van der Waals surface area contributed by atoms with Gasteiger partial charge in [0.25, 0.3) is 0 Å². The minimum atomic E-state index is -3.63. The molecule has 0 spiro atoms. The summed E-state index contributed by atoms with van der Waals surface area (Å²) in [5.41, 5.74) is 3.00. The molecule has 5 heterocycles. The lowest BCUT2D eigenvalue weighted by molar-refractivity contribution is -0.236. The molecule has 5 saturated heterocycles. The van der Waals surface area contributed by atoms with Crippen LogP contribution in [0.5, 0.6) is 0 Å². The molecule has 0 N–H and O–H groups in total. The Morgan fingerprint density at radius 1 is 0.588 bits per heavy atom. The van der Waals surface area contributed by atoms with Crippen molar-refractivity contribution < 1.29 is 46.3 Å². The molecule has 0 aliphatic carbocycles. The van der Waals surface area contributed by atoms with Gasteiger partial charge >= 0.3 is 0 Å². The highest BCUT2D eigenvalue weighted by atomic mass is 32.2. The zero-order chi connectivity index (χ0) is 35.4. The third-order valence-electron chi connectivity index (χ3n) is 10.3. The molecule has 0 aromatic heterocycles. The minimum absolute atomic E-state index is 0.135. The Morgan fingerprint density at radius 3 is 1.39 bits per heavy atom. The first-order chi connectivity index (χ1) is 24.4. The molecule has 10 atom stereocenters. The van der Waals surface area contributed by atoms with E-state index >= 15 is 0 Å². The standard InChI is InChI=1S/C39H47NO10S/c1-38(2)47-34-32(43-21-26-16-10-6-11-17-26)30(45-36(34)49-38)28-23-51(41,42)24-29(40(28)20-25-14-8-5-9-15-25)31-33(44-22-27-18-12-7-13-19-27)35-37(46-31)50-39(3,4)48-35/h5-19,28-37H,20-24H2,1-4H3/t28-,29+,30+,31-,32-,33-,34+,35+,36+,37+/m0/s1. The second kappa shape index (κ2) is 13.9. The Morgan fingerprint density at radius 2 is 0.980 bits per heavy atom. The van der Waals surface area contributed by atoms with Gasteiger partial charge in [0.05, 0.1) is 36.8 Å². The molecule has 12 heteroatoms. The van der Waals surface area contributed by atoms with Gasteiger partial charge in [0.1, 0.15) is 36.6 Å². The zero-order valence-electron chi connectivity index (χ0n) is 29.4. The Hall–Kier alpha value is -2.75. The first kappa shape index (κ1) is 35.3. The van der Waals surface area contributed by atoms with Crippen molar-refractivity contribution in [3.63, 3.8) is 0 Å². The predicted octanol–water partition coefficient (Wildman–Crippen LogP) is 4.58. The molecule has 5 aliphatic heterocycles. The number of sulfone groups is 1. The van der Waals surface area contributed by atoms with Gasteiger partial charge in [-0.15, -0.1) is 0 Å². The second-order valence-corrected chi connectivity index (χ2v) is 17.2. The van der Waals surface area contributed by atoms with E-state index in [-0.39, 0.29) is 11.5 Å². The fourth-order valence-electron chi connectivity index (χ4n) is 8.16. The Kier molecular flexibility index (Phi) is 9.62. The summed E-state index contributed by atoms with van der Waals surface area (Å²) in [7, 11) is -3.63. The average molecular weight is 722 g/mol. The molecule has 5 aliphatic rings. The minimum Gasteiger partial charge on any atom is -0.368 e. The molecular formula is C39H47NO10S. The van der Waals surface area contributed by atoms with E-state index in [1.54, 1.807) is 0 Å². The first-order valence-electron chi connectivity index (χ1n) is 17.8. The lowest BCUT2D eigenvalue weighted by Crippen LogP contribution is -2.65. The van der Waals surface area contributed by atoms with Crippen LogP contribution in [0.3, 0.4) is 0 Å². The van der Waals surface area contributed by atoms with Gasteiger partial charge in [-0.05, 0) is 44.4 Å². The van der Waals surface area contributed by atoms with Crippen LogP contribution < -0.4 is 0 Å². The number of nitrogens with zero attached hydrogens (tertiary/aromatic N) is 1. The van der Waals surface area contributed by atoms with Crippen molar-refractivity contribution in [3.8, 4) is 0 Å². The summed E-state index contributed by atoms with van der Waals surface area (Å²) >= 11 is 0. The van der Waals surface area contributed by atoms with E-state index in [1.165, 1.54) is 0 Å². The van der Waals surface area contributed by atoms with Crippen LogP contribution in [0.1, 0.15) is 44.4 Å². The number of benzene rings is 3. The zero-order valence-corrected chi connectivity index (χ0v) is 30.2. The van der Waals surface area contributed by atoms with Crippen LogP contribution >= 0.6 is 0 Å². The van der Waals surface area contributed by atoms with E-state index in [4.69, 9.17) is 37.9 Å². The largest absolute Gasteiger partial charge is 0.368 e. The predicted molar refractivity (Wildman–Crippen MR) is 186 cm³/mol. The van der Waals surface area contributed by atoms with E-state index in [1.807, 2.05) is 119 Å². The van der Waals surface area contributed by atoms with Gasteiger partial charge in [0.15, 0.2) is 34.0 Å². The van der Waals surface area contributed by atoms with Crippen LogP contribution in [0.15, 0.2) is 91.0 Å². The van der Waals surface area contributed by atoms with Gasteiger partial charge in [-0.2, -0.15) is 0 Å². The topological polar surface area (TPSA) is 111 Å². The smallest absolute Gasteiger partial charge is 0.190 e. The molecule has 0 bridgehead atoms. The molecule has 0 radical (unpaired) electrons. The van der Waals surface area contributed by atoms with Crippen LogP contribution in [-0.4, -0.2) is 97.7 Å². The summed E-state index contributed by atoms with van der Waals surface area (Å²) in [6.07, 6.45) is -5.17. The summed E-state index contributed by atoms with van der Waals surface area (Å²) in [5.74, 6) is -2.04. The highest BCUT2D eigenvalue weighted by molar-refractivity contribution is 7.91. The van der Waals surface area contributed by atoms with Crippen LogP contribution in [0.25, 0.3) is 0 Å². The monoisotopic (exact) mass is 721 g/mol. The average Bonchev–Trinajstić information content (AvgIpc) is 3.79. The maximum absolute atomic E-state index is 14.1. The molecule has 11 nitrogen and oxygen atoms in total. The van der Waals surface area contributed by atoms with E-state index < -0.39 is 82.7 Å². The molecule has 3 aromatic carbocycles. The molecular weight excluding hydrogens is 674 g/mol. The molecule has 0 unspecified atom stereocenters. The normalized spacial score (nSPS) is 36.5. The molecule has 3 aromatic rings. The number of ether oxygens (including phenoxy) is 8. The SMILES string of the molecule is CC1(C)O[C@H]2O[C@H]([C@@H]3CS(=O)(=O)C[C@H]([C@@H]4O[C@@H]5OC(C)(C)O[C@@H]5[C@H]4OCc4ccccc4)N3Cc3ccccc3)[C@H](OCc3ccccc3)[C@H]2O1. The number of rotatable bonds is 10. The summed E-state index contributed by atoms with van der Waals surface area (Å²) in [5, 5.41) is 0. The van der Waals surface area contributed by atoms with Crippen molar-refractivity contribution in [2.75, 3.05) is 11.5 Å². The Bertz CT molecular complexity index is 1640. The lowest BCUT2D eigenvalue weighted by atomic mass is 9.96. The summed E-state index contributed by atoms with van der Waals surface area (Å²) in [4.78, 5) is 2.21. The third kappa shape index (κ3) is 7.54. The maximum atomic E-state index is 14.1. The van der Waals surface area contributed by atoms with Crippen molar-refractivity contribution in [1.82, 2.24) is 4.90 Å². The molecule has 51 heavy (non-hydrogen) atoms. The fraction of sp³-hybridized carbons (Fsp3) is 0.538. The van der Waals surface area contributed by atoms with E-state index in [0.717, 1.165) is 16.7 Å². The summed E-state index contributed by atoms with van der Waals surface area (Å²) < 4.78 is 80.0. The molecule has 274 valence electrons. The maximum Gasteiger partial charge on any atom is 0.190 e. The number of fused-ring (bicyclic) bond motifs is 2. The van der Waals surface area contributed by atoms with Crippen molar-refractivity contribution >= 4 is 9.84 Å². The lowest BCUT2D eigenvalue weighted by Gasteiger charge is -2.47. The quantitative estimate of drug-likeness (QED) is 0.294.